The molecule has 1 saturated heterocycles. The van der Waals surface area contributed by atoms with Gasteiger partial charge >= 0.3 is 0 Å². The summed E-state index contributed by atoms with van der Waals surface area (Å²) in [5.41, 5.74) is 10.7. The lowest BCUT2D eigenvalue weighted by Gasteiger charge is -2.26. The van der Waals surface area contributed by atoms with E-state index in [1.807, 2.05) is 48.7 Å². The third-order valence-corrected chi connectivity index (χ3v) is 8.02. The Morgan fingerprint density at radius 2 is 1.97 bits per heavy atom. The van der Waals surface area contributed by atoms with Gasteiger partial charge in [-0.3, -0.25) is 10.1 Å². The molecule has 5 aromatic rings. The van der Waals surface area contributed by atoms with Crippen LogP contribution in [0.1, 0.15) is 12.0 Å². The molecule has 3 N–H and O–H groups in total. The van der Waals surface area contributed by atoms with Crippen LogP contribution < -0.4 is 10.6 Å². The number of H-pyrrole nitrogens is 1. The number of aromatic amines is 1. The molecule has 2 aromatic carbocycles. The van der Waals surface area contributed by atoms with Crippen LogP contribution in [-0.2, 0) is 5.41 Å². The normalized spacial score (nSPS) is 23.5. The van der Waals surface area contributed by atoms with Gasteiger partial charge in [0.1, 0.15) is 22.8 Å². The second-order valence-electron chi connectivity index (χ2n) is 9.55. The van der Waals surface area contributed by atoms with Crippen LogP contribution in [0.5, 0.6) is 0 Å². The highest BCUT2D eigenvalue weighted by molar-refractivity contribution is 6.00. The molecule has 0 spiro atoms. The van der Waals surface area contributed by atoms with Crippen molar-refractivity contribution in [2.24, 2.45) is 17.6 Å². The molecule has 0 unspecified atom stereocenters. The largest absolute Gasteiger partial charge is 0.355 e. The molecular weight excluding hydrogens is 441 g/mol. The van der Waals surface area contributed by atoms with Gasteiger partial charge in [0.05, 0.1) is 11.7 Å². The second-order valence-corrected chi connectivity index (χ2v) is 9.55. The molecule has 3 aromatic heterocycles. The van der Waals surface area contributed by atoms with Crippen LogP contribution in [0, 0.1) is 17.7 Å². The van der Waals surface area contributed by atoms with Crippen molar-refractivity contribution in [3.8, 4) is 11.3 Å². The molecule has 2 fully saturated rings. The predicted molar refractivity (Wildman–Crippen MR) is 133 cm³/mol. The van der Waals surface area contributed by atoms with Crippen molar-refractivity contribution in [2.75, 3.05) is 24.5 Å². The van der Waals surface area contributed by atoms with Gasteiger partial charge in [0, 0.05) is 42.2 Å². The maximum absolute atomic E-state index is 14.7. The van der Waals surface area contributed by atoms with Crippen LogP contribution in [0.4, 0.5) is 10.2 Å². The minimum Gasteiger partial charge on any atom is -0.355 e. The average Bonchev–Trinajstić information content (AvgIpc) is 3.37. The van der Waals surface area contributed by atoms with Gasteiger partial charge in [0.15, 0.2) is 5.65 Å². The van der Waals surface area contributed by atoms with E-state index in [4.69, 9.17) is 15.7 Å². The van der Waals surface area contributed by atoms with Gasteiger partial charge < -0.3 is 10.6 Å². The number of nitrogens with one attached hydrogen (secondary N) is 1. The highest BCUT2D eigenvalue weighted by Gasteiger charge is 2.66. The molecule has 7 nitrogen and oxygen atoms in total. The number of nitrogens with two attached hydrogens (primary N) is 1. The number of fused-ring (bicyclic) bond motifs is 3. The third kappa shape index (κ3) is 2.93. The lowest BCUT2D eigenvalue weighted by atomic mass is 9.91. The zero-order valence-electron chi connectivity index (χ0n) is 19.0. The SMILES string of the molecule is NC[C@]1(c2ccccc2F)[C@@H]2CCN(c3cnc4c(-c5cccc6ncccc56)n[nH]c4n3)C[C@@H]21. The molecule has 0 radical (unpaired) electrons. The van der Waals surface area contributed by atoms with Crippen molar-refractivity contribution in [3.05, 3.63) is 78.4 Å². The minimum absolute atomic E-state index is 0.159. The van der Waals surface area contributed by atoms with Crippen LogP contribution in [0.3, 0.4) is 0 Å². The highest BCUT2D eigenvalue weighted by Crippen LogP contribution is 2.63. The van der Waals surface area contributed by atoms with E-state index >= 15 is 0 Å². The van der Waals surface area contributed by atoms with Crippen LogP contribution in [0.2, 0.25) is 0 Å². The number of halogens is 1. The van der Waals surface area contributed by atoms with Gasteiger partial charge in [-0.25, -0.2) is 14.4 Å². The number of aromatic nitrogens is 5. The number of rotatable bonds is 4. The molecule has 4 heterocycles. The number of nitrogens with zero attached hydrogens (tertiary/aromatic N) is 5. The second kappa shape index (κ2) is 7.55. The zero-order chi connectivity index (χ0) is 23.6. The summed E-state index contributed by atoms with van der Waals surface area (Å²) in [7, 11) is 0. The van der Waals surface area contributed by atoms with E-state index in [0.29, 0.717) is 24.0 Å². The van der Waals surface area contributed by atoms with Crippen molar-refractivity contribution < 1.29 is 4.39 Å². The van der Waals surface area contributed by atoms with Gasteiger partial charge in [0.25, 0.3) is 0 Å². The molecule has 35 heavy (non-hydrogen) atoms. The van der Waals surface area contributed by atoms with Gasteiger partial charge in [0.2, 0.25) is 0 Å². The van der Waals surface area contributed by atoms with Crippen LogP contribution in [0.25, 0.3) is 33.3 Å². The average molecular weight is 466 g/mol. The maximum atomic E-state index is 14.7. The van der Waals surface area contributed by atoms with Gasteiger partial charge in [-0.2, -0.15) is 5.10 Å². The topological polar surface area (TPSA) is 96.6 Å². The molecule has 0 bridgehead atoms. The number of hydrogen-bond acceptors (Lipinski definition) is 6. The molecule has 1 aliphatic heterocycles. The lowest BCUT2D eigenvalue weighted by molar-refractivity contribution is 0.533. The molecule has 2 aliphatic rings. The van der Waals surface area contributed by atoms with E-state index in [0.717, 1.165) is 58.6 Å². The van der Waals surface area contributed by atoms with Gasteiger partial charge in [-0.1, -0.05) is 36.4 Å². The Kier molecular flexibility index (Phi) is 4.41. The van der Waals surface area contributed by atoms with E-state index in [1.54, 1.807) is 12.3 Å². The molecule has 1 aliphatic carbocycles. The Balaban J connectivity index is 1.21. The highest BCUT2D eigenvalue weighted by atomic mass is 19.1. The Hall–Kier alpha value is -3.91. The number of benzene rings is 2. The summed E-state index contributed by atoms with van der Waals surface area (Å²) in [4.78, 5) is 16.3. The summed E-state index contributed by atoms with van der Waals surface area (Å²) in [5, 5.41) is 8.65. The van der Waals surface area contributed by atoms with Crippen molar-refractivity contribution in [1.29, 1.82) is 0 Å². The first kappa shape index (κ1) is 20.5. The number of anilines is 1. The summed E-state index contributed by atoms with van der Waals surface area (Å²) in [6.07, 6.45) is 4.56. The quantitative estimate of drug-likeness (QED) is 0.416. The summed E-state index contributed by atoms with van der Waals surface area (Å²) in [5.74, 6) is 1.35. The molecule has 8 heteroatoms. The molecule has 1 saturated carbocycles. The Morgan fingerprint density at radius 1 is 1.06 bits per heavy atom. The number of pyridine rings is 1. The van der Waals surface area contributed by atoms with Gasteiger partial charge in [-0.05, 0) is 42.0 Å². The molecular formula is C27H24FN7. The third-order valence-electron chi connectivity index (χ3n) is 8.02. The van der Waals surface area contributed by atoms with Crippen molar-refractivity contribution in [1.82, 2.24) is 25.1 Å². The standard InChI is InChI=1S/C27H24FN7/c28-21-8-2-1-7-19(21)27(15-29)18-10-12-35(14-20(18)27)23-13-31-25-24(33-34-26(25)32-23)17-5-3-9-22-16(17)6-4-11-30-22/h1-9,11,13,18,20H,10,12,14-15,29H2,(H,32,33,34)/t18-,20+,27-/m1/s1. The Morgan fingerprint density at radius 3 is 2.86 bits per heavy atom. The maximum Gasteiger partial charge on any atom is 0.177 e. The van der Waals surface area contributed by atoms with E-state index in [-0.39, 0.29) is 11.2 Å². The van der Waals surface area contributed by atoms with Crippen molar-refractivity contribution >= 4 is 27.9 Å². The first-order chi connectivity index (χ1) is 17.2. The van der Waals surface area contributed by atoms with E-state index in [9.17, 15) is 4.39 Å². The number of piperidine rings is 1. The molecule has 3 atom stereocenters. The van der Waals surface area contributed by atoms with E-state index < -0.39 is 0 Å². The fraction of sp³-hybridized carbons (Fsp3) is 0.259. The first-order valence-corrected chi connectivity index (χ1v) is 12.0. The molecule has 0 amide bonds. The molecule has 7 rings (SSSR count). The van der Waals surface area contributed by atoms with Gasteiger partial charge in [-0.15, -0.1) is 0 Å². The molecule has 174 valence electrons. The monoisotopic (exact) mass is 465 g/mol. The van der Waals surface area contributed by atoms with Crippen molar-refractivity contribution in [2.45, 2.75) is 11.8 Å². The Bertz CT molecular complexity index is 1580. The summed E-state index contributed by atoms with van der Waals surface area (Å²) >= 11 is 0. The minimum atomic E-state index is -0.290. The van der Waals surface area contributed by atoms with Crippen LogP contribution in [-0.4, -0.2) is 44.8 Å². The Labute approximate surface area is 201 Å². The predicted octanol–water partition coefficient (Wildman–Crippen LogP) is 4.06. The summed E-state index contributed by atoms with van der Waals surface area (Å²) < 4.78 is 14.7. The fourth-order valence-corrected chi connectivity index (χ4v) is 6.28. The lowest BCUT2D eigenvalue weighted by Crippen LogP contribution is -2.32. The fourth-order valence-electron chi connectivity index (χ4n) is 6.28. The van der Waals surface area contributed by atoms with E-state index in [1.165, 1.54) is 6.07 Å². The van der Waals surface area contributed by atoms with Crippen molar-refractivity contribution in [3.63, 3.8) is 0 Å². The van der Waals surface area contributed by atoms with E-state index in [2.05, 4.69) is 20.1 Å². The number of hydrogen-bond donors (Lipinski definition) is 2. The summed E-state index contributed by atoms with van der Waals surface area (Å²) in [6.45, 7) is 2.07. The smallest absolute Gasteiger partial charge is 0.177 e. The van der Waals surface area contributed by atoms with Crippen LogP contribution in [0.15, 0.2) is 67.0 Å². The zero-order valence-corrected chi connectivity index (χ0v) is 19.0. The van der Waals surface area contributed by atoms with Crippen LogP contribution >= 0.6 is 0 Å². The summed E-state index contributed by atoms with van der Waals surface area (Å²) in [6, 6.07) is 17.0. The first-order valence-electron chi connectivity index (χ1n) is 12.0.